The van der Waals surface area contributed by atoms with Crippen molar-refractivity contribution in [1.29, 1.82) is 0 Å². The summed E-state index contributed by atoms with van der Waals surface area (Å²) in [5, 5.41) is 9.82. The van der Waals surface area contributed by atoms with Crippen LogP contribution in [-0.4, -0.2) is 11.7 Å². The van der Waals surface area contributed by atoms with Crippen molar-refractivity contribution < 1.29 is 25.6 Å². The van der Waals surface area contributed by atoms with Gasteiger partial charge in [-0.3, -0.25) is 0 Å². The summed E-state index contributed by atoms with van der Waals surface area (Å²) in [5.41, 5.74) is 21.4. The second-order valence-corrected chi connectivity index (χ2v) is 20.7. The first-order chi connectivity index (χ1) is 34.0. The van der Waals surface area contributed by atoms with E-state index in [1.807, 2.05) is 48.5 Å². The quantitative estimate of drug-likeness (QED) is 0.0748. The molecule has 328 valence electrons. The Morgan fingerprint density at radius 3 is 1.59 bits per heavy atom. The third-order valence-corrected chi connectivity index (χ3v) is 16.6. The van der Waals surface area contributed by atoms with Crippen LogP contribution in [0.25, 0.3) is 98.8 Å². The van der Waals surface area contributed by atoms with Gasteiger partial charge in [-0.05, 0) is 26.9 Å². The van der Waals surface area contributed by atoms with Crippen LogP contribution in [0.1, 0.15) is 29.7 Å². The van der Waals surface area contributed by atoms with E-state index in [0.717, 1.165) is 38.6 Å². The zero-order valence-electron chi connectivity index (χ0n) is 37.7. The van der Waals surface area contributed by atoms with Crippen LogP contribution in [0.15, 0.2) is 239 Å². The number of hydrogen-bond donors (Lipinski definition) is 1. The molecule has 69 heavy (non-hydrogen) atoms. The van der Waals surface area contributed by atoms with E-state index in [1.165, 1.54) is 84.0 Å². The maximum absolute atomic E-state index is 6.96. The van der Waals surface area contributed by atoms with Gasteiger partial charge in [-0.2, -0.15) is 0 Å². The third-order valence-electron chi connectivity index (χ3n) is 13.7. The second-order valence-electron chi connectivity index (χ2n) is 17.8. The Morgan fingerprint density at radius 1 is 0.406 bits per heavy atom. The molecule has 4 nitrogen and oxygen atoms in total. The van der Waals surface area contributed by atoms with E-state index in [-0.39, 0.29) is 6.04 Å². The van der Waals surface area contributed by atoms with Gasteiger partial charge >= 0.3 is 331 Å². The molecule has 1 aliphatic heterocycles. The van der Waals surface area contributed by atoms with Gasteiger partial charge in [0.25, 0.3) is 0 Å². The van der Waals surface area contributed by atoms with Gasteiger partial charge in [0.2, 0.25) is 0 Å². The molecule has 2 heterocycles. The summed E-state index contributed by atoms with van der Waals surface area (Å²) in [5.74, 6) is 1.03. The summed E-state index contributed by atoms with van der Waals surface area (Å²) in [7, 11) is 0. The zero-order chi connectivity index (χ0) is 46.0. The Balaban J connectivity index is 0.791. The minimum absolute atomic E-state index is 0.131. The van der Waals surface area contributed by atoms with Crippen molar-refractivity contribution in [3.05, 3.63) is 248 Å². The fourth-order valence-electron chi connectivity index (χ4n) is 10.1. The number of halogens is 1. The Hall–Kier alpha value is -8.13. The molecule has 12 aromatic rings. The molecular formula is C64H43IN3O-. The molecule has 5 heteroatoms. The number of fused-ring (bicyclic) bond motifs is 12. The van der Waals surface area contributed by atoms with Gasteiger partial charge in [0.05, 0.1) is 0 Å². The van der Waals surface area contributed by atoms with Crippen molar-refractivity contribution in [2.24, 2.45) is 15.7 Å². The van der Waals surface area contributed by atoms with Crippen LogP contribution in [0.3, 0.4) is 0 Å². The van der Waals surface area contributed by atoms with Crippen LogP contribution in [0.5, 0.6) is 0 Å². The third kappa shape index (κ3) is 7.38. The number of aliphatic imine (C=N–C) groups is 2. The summed E-state index contributed by atoms with van der Waals surface area (Å²) >= 11 is -0.461. The average molecular weight is 997 g/mol. The Morgan fingerprint density at radius 2 is 0.913 bits per heavy atom. The van der Waals surface area contributed by atoms with Gasteiger partial charge in [0.15, 0.2) is 0 Å². The number of furan rings is 1. The van der Waals surface area contributed by atoms with E-state index in [4.69, 9.17) is 20.1 Å². The van der Waals surface area contributed by atoms with Gasteiger partial charge in [0.1, 0.15) is 0 Å². The van der Waals surface area contributed by atoms with E-state index in [0.29, 0.717) is 11.7 Å². The second kappa shape index (κ2) is 16.9. The zero-order valence-corrected chi connectivity index (χ0v) is 39.9. The maximum atomic E-state index is 6.96. The standard InChI is InChI=1S/C64H43IN3O/c1-39(40-13-3-2-4-14-40)67-64(48-28-32-62-58(36-48)56-23-9-10-24-61(56)69-62)68-63(66)47-27-31-55-54-30-26-46(37-59(54)65-60(55)38-47)44-18-12-16-42(34-44)41-15-11-17-43(33-41)45-25-29-53-51-21-6-5-19-49(51)50-20-7-8-22-52(50)57(53)35-45/h2-39H,1H3,(H2,66,67,68)/q-1. The predicted molar refractivity (Wildman–Crippen MR) is 284 cm³/mol. The molecule has 0 radical (unpaired) electrons. The van der Waals surface area contributed by atoms with Gasteiger partial charge in [0, 0.05) is 0 Å². The number of nitrogens with zero attached hydrogens (tertiary/aromatic N) is 2. The molecule has 0 saturated heterocycles. The molecule has 13 rings (SSSR count). The monoisotopic (exact) mass is 996 g/mol. The minimum atomic E-state index is -0.461. The molecule has 0 fully saturated rings. The SMILES string of the molecule is CC(N=C(N=C(N)c1ccc2c(c1)[I-]c1cc(-c3cccc(-c4cccc(-c5ccc6c7ccccc7c7ccccc7c6c5)c4)c3)ccc1-2)c1ccc2oc3ccccc3c2c1)c1ccccc1. The molecule has 1 aromatic heterocycles. The van der Waals surface area contributed by atoms with E-state index in [9.17, 15) is 0 Å². The van der Waals surface area contributed by atoms with Crippen molar-refractivity contribution in [2.45, 2.75) is 13.0 Å². The van der Waals surface area contributed by atoms with E-state index >= 15 is 0 Å². The summed E-state index contributed by atoms with van der Waals surface area (Å²) in [4.78, 5) is 10.3. The molecule has 11 aromatic carbocycles. The Bertz CT molecular complexity index is 4060. The topological polar surface area (TPSA) is 63.9 Å². The van der Waals surface area contributed by atoms with Crippen LogP contribution >= 0.6 is 0 Å². The Labute approximate surface area is 410 Å². The first-order valence-electron chi connectivity index (χ1n) is 23.4. The molecule has 0 saturated carbocycles. The molecule has 0 amide bonds. The summed E-state index contributed by atoms with van der Waals surface area (Å²) in [6.45, 7) is 2.10. The molecule has 0 aliphatic carbocycles. The normalized spacial score (nSPS) is 13.2. The fraction of sp³-hybridized carbons (Fsp3) is 0.0312. The summed E-state index contributed by atoms with van der Waals surface area (Å²) in [6, 6.07) is 80.5. The molecule has 0 bridgehead atoms. The number of para-hydroxylation sites is 1. The fourth-order valence-corrected chi connectivity index (χ4v) is 13.2. The van der Waals surface area contributed by atoms with Gasteiger partial charge in [-0.1, -0.05) is 54.6 Å². The van der Waals surface area contributed by atoms with E-state index in [1.54, 1.807) is 0 Å². The Kier molecular flexibility index (Phi) is 10.1. The number of rotatable bonds is 7. The molecular weight excluding hydrogens is 954 g/mol. The van der Waals surface area contributed by atoms with Crippen molar-refractivity contribution in [2.75, 3.05) is 0 Å². The van der Waals surface area contributed by atoms with Gasteiger partial charge < -0.3 is 0 Å². The summed E-state index contributed by atoms with van der Waals surface area (Å²) < 4.78 is 8.92. The van der Waals surface area contributed by atoms with Crippen LogP contribution in [0.4, 0.5) is 0 Å². The van der Waals surface area contributed by atoms with Crippen LogP contribution < -0.4 is 26.9 Å². The molecule has 1 unspecified atom stereocenters. The summed E-state index contributed by atoms with van der Waals surface area (Å²) in [6.07, 6.45) is 0. The number of nitrogens with two attached hydrogens (primary N) is 1. The number of amidine groups is 2. The van der Waals surface area contributed by atoms with Crippen LogP contribution in [0, 0.1) is 7.14 Å². The van der Waals surface area contributed by atoms with E-state index in [2.05, 4.69) is 183 Å². The first-order valence-corrected chi connectivity index (χ1v) is 25.5. The number of benzene rings is 11. The first kappa shape index (κ1) is 41.1. The van der Waals surface area contributed by atoms with Crippen LogP contribution in [-0.2, 0) is 0 Å². The van der Waals surface area contributed by atoms with Gasteiger partial charge in [-0.25, -0.2) is 0 Å². The van der Waals surface area contributed by atoms with E-state index < -0.39 is 21.2 Å². The molecule has 0 spiro atoms. The molecule has 2 N–H and O–H groups in total. The van der Waals surface area contributed by atoms with Crippen molar-refractivity contribution in [3.8, 4) is 44.5 Å². The molecule has 1 aliphatic rings. The van der Waals surface area contributed by atoms with Crippen molar-refractivity contribution >= 4 is 65.9 Å². The molecule has 1 atom stereocenters. The predicted octanol–water partition coefficient (Wildman–Crippen LogP) is 13.1. The number of hydrogen-bond acceptors (Lipinski definition) is 2. The average Bonchev–Trinajstić information content (AvgIpc) is 3.98. The van der Waals surface area contributed by atoms with Crippen LogP contribution in [0.2, 0.25) is 0 Å². The van der Waals surface area contributed by atoms with Crippen molar-refractivity contribution in [3.63, 3.8) is 0 Å². The van der Waals surface area contributed by atoms with Gasteiger partial charge in [-0.15, -0.1) is 0 Å². The van der Waals surface area contributed by atoms with Crippen molar-refractivity contribution in [1.82, 2.24) is 0 Å².